The van der Waals surface area contributed by atoms with E-state index in [2.05, 4.69) is 4.98 Å². The highest BCUT2D eigenvalue weighted by Crippen LogP contribution is 2.28. The lowest BCUT2D eigenvalue weighted by molar-refractivity contribution is -0.131. The van der Waals surface area contributed by atoms with Crippen molar-refractivity contribution in [3.05, 3.63) is 47.6 Å². The van der Waals surface area contributed by atoms with Crippen LogP contribution in [0.3, 0.4) is 0 Å². The minimum absolute atomic E-state index is 0.0568. The van der Waals surface area contributed by atoms with Crippen molar-refractivity contribution in [2.45, 2.75) is 37.8 Å². The van der Waals surface area contributed by atoms with E-state index >= 15 is 0 Å². The first-order valence-electron chi connectivity index (χ1n) is 8.13. The Morgan fingerprint density at radius 3 is 3.25 bits per heavy atom. The van der Waals surface area contributed by atoms with Gasteiger partial charge in [0.05, 0.1) is 18.4 Å². The highest BCUT2D eigenvalue weighted by molar-refractivity contribution is 7.15. The maximum atomic E-state index is 12.7. The molecule has 1 aliphatic heterocycles. The average molecular weight is 345 g/mol. The Bertz CT molecular complexity index is 795. The molecule has 0 spiro atoms. The SMILES string of the molecule is O=C(Cc1cn2ccsc2n1)N1CCCC1CC(O)c1ccco1. The van der Waals surface area contributed by atoms with Crippen molar-refractivity contribution in [1.82, 2.24) is 14.3 Å². The fraction of sp³-hybridized carbons (Fsp3) is 0.412. The third-order valence-corrected chi connectivity index (χ3v) is 5.31. The molecule has 1 aliphatic rings. The second-order valence-corrected chi connectivity index (χ2v) is 7.02. The largest absolute Gasteiger partial charge is 0.467 e. The molecule has 0 bridgehead atoms. The zero-order chi connectivity index (χ0) is 16.5. The molecule has 24 heavy (non-hydrogen) atoms. The van der Waals surface area contributed by atoms with Gasteiger partial charge in [-0.25, -0.2) is 4.98 Å². The van der Waals surface area contributed by atoms with Crippen molar-refractivity contribution in [2.24, 2.45) is 0 Å². The van der Waals surface area contributed by atoms with Gasteiger partial charge >= 0.3 is 0 Å². The Morgan fingerprint density at radius 2 is 2.46 bits per heavy atom. The summed E-state index contributed by atoms with van der Waals surface area (Å²) >= 11 is 1.56. The number of hydrogen-bond acceptors (Lipinski definition) is 5. The Kier molecular flexibility index (Phi) is 4.12. The molecule has 2 unspecified atom stereocenters. The topological polar surface area (TPSA) is 71.0 Å². The summed E-state index contributed by atoms with van der Waals surface area (Å²) in [5.74, 6) is 0.638. The summed E-state index contributed by atoms with van der Waals surface area (Å²) in [6.45, 7) is 0.747. The number of aliphatic hydroxyl groups excluding tert-OH is 1. The van der Waals surface area contributed by atoms with Crippen LogP contribution in [0.5, 0.6) is 0 Å². The number of carbonyl (C=O) groups excluding carboxylic acids is 1. The number of hydrogen-bond donors (Lipinski definition) is 1. The number of rotatable bonds is 5. The summed E-state index contributed by atoms with van der Waals surface area (Å²) in [5, 5.41) is 12.3. The van der Waals surface area contributed by atoms with Gasteiger partial charge in [0.15, 0.2) is 4.96 Å². The van der Waals surface area contributed by atoms with E-state index in [-0.39, 0.29) is 11.9 Å². The van der Waals surface area contributed by atoms with Gasteiger partial charge in [-0.15, -0.1) is 11.3 Å². The Morgan fingerprint density at radius 1 is 1.54 bits per heavy atom. The number of fused-ring (bicyclic) bond motifs is 1. The average Bonchev–Trinajstić information content (AvgIpc) is 3.31. The zero-order valence-electron chi connectivity index (χ0n) is 13.2. The summed E-state index contributed by atoms with van der Waals surface area (Å²) in [6.07, 6.45) is 7.45. The van der Waals surface area contributed by atoms with Crippen LogP contribution >= 0.6 is 11.3 Å². The second kappa shape index (κ2) is 6.41. The molecular formula is C17H19N3O3S. The molecule has 1 saturated heterocycles. The van der Waals surface area contributed by atoms with Gasteiger partial charge in [-0.2, -0.15) is 0 Å². The first-order valence-corrected chi connectivity index (χ1v) is 9.00. The van der Waals surface area contributed by atoms with E-state index in [1.54, 1.807) is 29.7 Å². The number of carbonyl (C=O) groups is 1. The second-order valence-electron chi connectivity index (χ2n) is 6.15. The van der Waals surface area contributed by atoms with E-state index in [0.717, 1.165) is 30.0 Å². The summed E-state index contributed by atoms with van der Waals surface area (Å²) in [6, 6.07) is 3.59. The Labute approximate surface area is 143 Å². The molecule has 0 aromatic carbocycles. The molecule has 0 radical (unpaired) electrons. The number of furan rings is 1. The molecule has 1 amide bonds. The molecule has 4 heterocycles. The molecule has 3 aromatic heterocycles. The minimum atomic E-state index is -0.670. The van der Waals surface area contributed by atoms with Gasteiger partial charge in [-0.05, 0) is 25.0 Å². The Hall–Kier alpha value is -2.12. The quantitative estimate of drug-likeness (QED) is 0.772. The number of amides is 1. The van der Waals surface area contributed by atoms with E-state index in [1.165, 1.54) is 0 Å². The fourth-order valence-electron chi connectivity index (χ4n) is 3.38. The van der Waals surface area contributed by atoms with Crippen molar-refractivity contribution in [3.63, 3.8) is 0 Å². The van der Waals surface area contributed by atoms with E-state index in [9.17, 15) is 9.90 Å². The molecule has 2 atom stereocenters. The lowest BCUT2D eigenvalue weighted by Crippen LogP contribution is -2.37. The van der Waals surface area contributed by atoms with Gasteiger partial charge in [0.2, 0.25) is 5.91 Å². The van der Waals surface area contributed by atoms with Gasteiger partial charge in [-0.3, -0.25) is 9.20 Å². The first-order chi connectivity index (χ1) is 11.7. The molecule has 126 valence electrons. The predicted octanol–water partition coefficient (Wildman–Crippen LogP) is 2.65. The normalized spacial score (nSPS) is 19.2. The van der Waals surface area contributed by atoms with Crippen molar-refractivity contribution in [1.29, 1.82) is 0 Å². The van der Waals surface area contributed by atoms with Crippen LogP contribution in [-0.2, 0) is 11.2 Å². The first kappa shape index (κ1) is 15.4. The van der Waals surface area contributed by atoms with Crippen LogP contribution in [0.15, 0.2) is 40.6 Å². The lowest BCUT2D eigenvalue weighted by Gasteiger charge is -2.26. The van der Waals surface area contributed by atoms with E-state index < -0.39 is 6.10 Å². The molecule has 0 aliphatic carbocycles. The highest BCUT2D eigenvalue weighted by Gasteiger charge is 2.31. The van der Waals surface area contributed by atoms with Crippen molar-refractivity contribution >= 4 is 22.2 Å². The van der Waals surface area contributed by atoms with Gasteiger partial charge in [0.25, 0.3) is 0 Å². The number of aliphatic hydroxyl groups is 1. The number of nitrogens with zero attached hydrogens (tertiary/aromatic N) is 3. The maximum absolute atomic E-state index is 12.7. The van der Waals surface area contributed by atoms with Crippen LogP contribution in [0.2, 0.25) is 0 Å². The summed E-state index contributed by atoms with van der Waals surface area (Å²) in [5.41, 5.74) is 0.795. The summed E-state index contributed by atoms with van der Waals surface area (Å²) in [4.78, 5) is 19.9. The number of aromatic nitrogens is 2. The van der Waals surface area contributed by atoms with Gasteiger partial charge < -0.3 is 14.4 Å². The van der Waals surface area contributed by atoms with Crippen LogP contribution in [0.4, 0.5) is 0 Å². The summed E-state index contributed by atoms with van der Waals surface area (Å²) < 4.78 is 7.20. The van der Waals surface area contributed by atoms with Crippen LogP contribution in [0, 0.1) is 0 Å². The lowest BCUT2D eigenvalue weighted by atomic mass is 10.0. The fourth-order valence-corrected chi connectivity index (χ4v) is 4.10. The number of likely N-dealkylation sites (tertiary alicyclic amines) is 1. The van der Waals surface area contributed by atoms with Crippen LogP contribution in [-0.4, -0.2) is 37.9 Å². The van der Waals surface area contributed by atoms with E-state index in [0.29, 0.717) is 18.6 Å². The maximum Gasteiger partial charge on any atom is 0.228 e. The molecule has 3 aromatic rings. The summed E-state index contributed by atoms with van der Waals surface area (Å²) in [7, 11) is 0. The predicted molar refractivity (Wildman–Crippen MR) is 89.8 cm³/mol. The number of imidazole rings is 1. The Balaban J connectivity index is 1.41. The van der Waals surface area contributed by atoms with E-state index in [4.69, 9.17) is 4.42 Å². The molecule has 0 saturated carbocycles. The molecular weight excluding hydrogens is 326 g/mol. The minimum Gasteiger partial charge on any atom is -0.467 e. The van der Waals surface area contributed by atoms with Crippen molar-refractivity contribution in [3.8, 4) is 0 Å². The van der Waals surface area contributed by atoms with Crippen molar-refractivity contribution < 1.29 is 14.3 Å². The molecule has 7 heteroatoms. The van der Waals surface area contributed by atoms with Crippen LogP contribution in [0.25, 0.3) is 4.96 Å². The van der Waals surface area contributed by atoms with Crippen LogP contribution < -0.4 is 0 Å². The smallest absolute Gasteiger partial charge is 0.228 e. The monoisotopic (exact) mass is 345 g/mol. The molecule has 1 fully saturated rings. The zero-order valence-corrected chi connectivity index (χ0v) is 14.0. The third kappa shape index (κ3) is 2.97. The standard InChI is InChI=1S/C17H19N3O3S/c21-14(15-4-2-7-23-15)10-13-3-1-5-20(13)16(22)9-12-11-19-6-8-24-17(19)18-12/h2,4,6-8,11,13-14,21H,1,3,5,9-10H2. The van der Waals surface area contributed by atoms with Gasteiger partial charge in [-0.1, -0.05) is 0 Å². The van der Waals surface area contributed by atoms with Gasteiger partial charge in [0.1, 0.15) is 11.9 Å². The molecule has 6 nitrogen and oxygen atoms in total. The van der Waals surface area contributed by atoms with Crippen molar-refractivity contribution in [2.75, 3.05) is 6.54 Å². The molecule has 1 N–H and O–H groups in total. The number of thiazole rings is 1. The van der Waals surface area contributed by atoms with E-state index in [1.807, 2.05) is 27.1 Å². The molecule has 4 rings (SSSR count). The van der Waals surface area contributed by atoms with Gasteiger partial charge in [0, 0.05) is 36.8 Å². The van der Waals surface area contributed by atoms with Crippen LogP contribution in [0.1, 0.15) is 36.8 Å². The third-order valence-electron chi connectivity index (χ3n) is 4.54. The highest BCUT2D eigenvalue weighted by atomic mass is 32.1.